The third-order valence-electron chi connectivity index (χ3n) is 3.91. The van der Waals surface area contributed by atoms with Crippen LogP contribution in [0.5, 0.6) is 0 Å². The monoisotopic (exact) mass is 229 g/mol. The second-order valence-electron chi connectivity index (χ2n) is 5.03. The summed E-state index contributed by atoms with van der Waals surface area (Å²) in [5.41, 5.74) is 1.40. The van der Waals surface area contributed by atoms with Crippen LogP contribution in [0.25, 0.3) is 0 Å². The molecule has 0 saturated carbocycles. The number of rotatable bonds is 2. The third-order valence-corrected chi connectivity index (χ3v) is 3.91. The normalized spacial score (nSPS) is 32.6. The maximum absolute atomic E-state index is 5.93. The van der Waals surface area contributed by atoms with Crippen LogP contribution in [0.15, 0.2) is 42.5 Å². The number of allylic oxidation sites excluding steroid dienone is 1. The fourth-order valence-electron chi connectivity index (χ4n) is 2.98. The van der Waals surface area contributed by atoms with Crippen LogP contribution < -0.4 is 0 Å². The van der Waals surface area contributed by atoms with Crippen molar-refractivity contribution in [2.75, 3.05) is 7.05 Å². The summed E-state index contributed by atoms with van der Waals surface area (Å²) >= 11 is 0. The summed E-state index contributed by atoms with van der Waals surface area (Å²) in [7, 11) is 2.07. The summed E-state index contributed by atoms with van der Waals surface area (Å²) in [4.78, 5) is 5.93. The average Bonchev–Trinajstić information content (AvgIpc) is 2.68. The standard InChI is InChI=1S/C15H19NO/c1-16-14(11-12-7-3-2-4-8-12)13-9-5-6-10-15(13)17-16/h2-5,7-9,13-15H,6,10-11H2,1H3/t13-,14+,15-/m0/s1. The Balaban J connectivity index is 1.78. The molecule has 2 aliphatic rings. The molecular weight excluding hydrogens is 210 g/mol. The van der Waals surface area contributed by atoms with Gasteiger partial charge in [-0.2, -0.15) is 5.06 Å². The molecule has 0 radical (unpaired) electrons. The average molecular weight is 229 g/mol. The van der Waals surface area contributed by atoms with Crippen molar-refractivity contribution in [1.29, 1.82) is 0 Å². The van der Waals surface area contributed by atoms with Crippen molar-refractivity contribution >= 4 is 0 Å². The third kappa shape index (κ3) is 2.15. The predicted octanol–water partition coefficient (Wildman–Crippen LogP) is 2.81. The Morgan fingerprint density at radius 1 is 1.29 bits per heavy atom. The molecule has 1 aliphatic carbocycles. The van der Waals surface area contributed by atoms with Crippen molar-refractivity contribution in [3.05, 3.63) is 48.0 Å². The Morgan fingerprint density at radius 2 is 2.12 bits per heavy atom. The lowest BCUT2D eigenvalue weighted by Gasteiger charge is -2.22. The zero-order valence-corrected chi connectivity index (χ0v) is 10.3. The number of likely N-dealkylation sites (N-methyl/N-ethyl adjacent to an activating group) is 1. The molecule has 2 heteroatoms. The van der Waals surface area contributed by atoms with Crippen molar-refractivity contribution in [2.45, 2.75) is 31.4 Å². The van der Waals surface area contributed by atoms with Gasteiger partial charge >= 0.3 is 0 Å². The van der Waals surface area contributed by atoms with Gasteiger partial charge in [0.25, 0.3) is 0 Å². The molecule has 0 N–H and O–H groups in total. The summed E-state index contributed by atoms with van der Waals surface area (Å²) in [5.74, 6) is 0.564. The van der Waals surface area contributed by atoms with Gasteiger partial charge in [0.15, 0.2) is 0 Å². The molecule has 3 atom stereocenters. The largest absolute Gasteiger partial charge is 0.295 e. The lowest BCUT2D eigenvalue weighted by atomic mass is 9.85. The summed E-state index contributed by atoms with van der Waals surface area (Å²) < 4.78 is 0. The Labute approximate surface area is 103 Å². The first kappa shape index (κ1) is 11.0. The number of hydroxylamine groups is 2. The molecule has 1 aromatic rings. The van der Waals surface area contributed by atoms with E-state index in [9.17, 15) is 0 Å². The van der Waals surface area contributed by atoms with Gasteiger partial charge in [0.05, 0.1) is 6.10 Å². The number of benzene rings is 1. The Kier molecular flexibility index (Phi) is 3.00. The van der Waals surface area contributed by atoms with Crippen LogP contribution >= 0.6 is 0 Å². The van der Waals surface area contributed by atoms with Gasteiger partial charge in [-0.25, -0.2) is 0 Å². The summed E-state index contributed by atoms with van der Waals surface area (Å²) in [6.07, 6.45) is 8.46. The van der Waals surface area contributed by atoms with Gasteiger partial charge in [-0.3, -0.25) is 4.84 Å². The van der Waals surface area contributed by atoms with Crippen LogP contribution in [0.3, 0.4) is 0 Å². The van der Waals surface area contributed by atoms with E-state index in [0.717, 1.165) is 19.3 Å². The van der Waals surface area contributed by atoms with E-state index in [-0.39, 0.29) is 0 Å². The highest BCUT2D eigenvalue weighted by Gasteiger charge is 2.40. The molecular formula is C15H19NO. The zero-order chi connectivity index (χ0) is 11.7. The smallest absolute Gasteiger partial charge is 0.0874 e. The minimum Gasteiger partial charge on any atom is -0.295 e. The van der Waals surface area contributed by atoms with Crippen molar-refractivity contribution in [3.8, 4) is 0 Å². The number of hydrogen-bond acceptors (Lipinski definition) is 2. The molecule has 1 aliphatic heterocycles. The van der Waals surface area contributed by atoms with Crippen LogP contribution in [-0.2, 0) is 11.3 Å². The fourth-order valence-corrected chi connectivity index (χ4v) is 2.98. The molecule has 2 nitrogen and oxygen atoms in total. The summed E-state index contributed by atoms with van der Waals surface area (Å²) in [5, 5.41) is 2.07. The van der Waals surface area contributed by atoms with Gasteiger partial charge < -0.3 is 0 Å². The molecule has 0 unspecified atom stereocenters. The molecule has 1 saturated heterocycles. The van der Waals surface area contributed by atoms with Gasteiger partial charge in [0.1, 0.15) is 0 Å². The fraction of sp³-hybridized carbons (Fsp3) is 0.467. The van der Waals surface area contributed by atoms with Crippen molar-refractivity contribution in [2.24, 2.45) is 5.92 Å². The topological polar surface area (TPSA) is 12.5 Å². The quantitative estimate of drug-likeness (QED) is 0.723. The molecule has 0 aromatic heterocycles. The molecule has 3 rings (SSSR count). The molecule has 0 spiro atoms. The molecule has 0 bridgehead atoms. The SMILES string of the molecule is CN1O[C@H]2CCC=C[C@H]2[C@H]1Cc1ccccc1. The number of hydrogen-bond donors (Lipinski definition) is 0. The summed E-state index contributed by atoms with van der Waals surface area (Å²) in [6.45, 7) is 0. The Morgan fingerprint density at radius 3 is 2.94 bits per heavy atom. The molecule has 90 valence electrons. The maximum atomic E-state index is 5.93. The minimum atomic E-state index is 0.402. The van der Waals surface area contributed by atoms with Crippen LogP contribution in [0, 0.1) is 5.92 Å². The van der Waals surface area contributed by atoms with E-state index >= 15 is 0 Å². The minimum absolute atomic E-state index is 0.402. The lowest BCUT2D eigenvalue weighted by molar-refractivity contribution is -0.144. The van der Waals surface area contributed by atoms with E-state index < -0.39 is 0 Å². The molecule has 1 heterocycles. The van der Waals surface area contributed by atoms with Crippen LogP contribution in [0.2, 0.25) is 0 Å². The zero-order valence-electron chi connectivity index (χ0n) is 10.3. The van der Waals surface area contributed by atoms with Crippen molar-refractivity contribution in [1.82, 2.24) is 5.06 Å². The lowest BCUT2D eigenvalue weighted by Crippen LogP contribution is -2.31. The first-order chi connectivity index (χ1) is 8.34. The van der Waals surface area contributed by atoms with Gasteiger partial charge in [-0.05, 0) is 24.8 Å². The van der Waals surface area contributed by atoms with Gasteiger partial charge in [-0.15, -0.1) is 0 Å². The molecule has 1 fully saturated rings. The van der Waals surface area contributed by atoms with E-state index in [1.54, 1.807) is 0 Å². The first-order valence-corrected chi connectivity index (χ1v) is 6.45. The second kappa shape index (κ2) is 4.63. The Hall–Kier alpha value is -1.12. The van der Waals surface area contributed by atoms with E-state index in [0.29, 0.717) is 18.1 Å². The highest BCUT2D eigenvalue weighted by Crippen LogP contribution is 2.34. The van der Waals surface area contributed by atoms with Crippen molar-refractivity contribution < 1.29 is 4.84 Å². The number of fused-ring (bicyclic) bond motifs is 1. The van der Waals surface area contributed by atoms with E-state index in [4.69, 9.17) is 4.84 Å². The van der Waals surface area contributed by atoms with E-state index in [1.807, 2.05) is 0 Å². The number of nitrogens with zero attached hydrogens (tertiary/aromatic N) is 1. The Bertz CT molecular complexity index is 401. The first-order valence-electron chi connectivity index (χ1n) is 6.45. The predicted molar refractivity (Wildman–Crippen MR) is 68.4 cm³/mol. The highest BCUT2D eigenvalue weighted by atomic mass is 16.7. The molecule has 17 heavy (non-hydrogen) atoms. The molecule has 0 amide bonds. The van der Waals surface area contributed by atoms with Crippen LogP contribution in [-0.4, -0.2) is 24.3 Å². The van der Waals surface area contributed by atoms with Gasteiger partial charge in [0, 0.05) is 19.0 Å². The maximum Gasteiger partial charge on any atom is 0.0874 e. The van der Waals surface area contributed by atoms with Crippen LogP contribution in [0.1, 0.15) is 18.4 Å². The van der Waals surface area contributed by atoms with Gasteiger partial charge in [0.2, 0.25) is 0 Å². The second-order valence-corrected chi connectivity index (χ2v) is 5.03. The van der Waals surface area contributed by atoms with E-state index in [2.05, 4.69) is 54.6 Å². The van der Waals surface area contributed by atoms with Gasteiger partial charge in [-0.1, -0.05) is 42.5 Å². The molecule has 1 aromatic carbocycles. The highest BCUT2D eigenvalue weighted by molar-refractivity contribution is 5.18. The van der Waals surface area contributed by atoms with E-state index in [1.165, 1.54) is 5.56 Å². The van der Waals surface area contributed by atoms with Crippen molar-refractivity contribution in [3.63, 3.8) is 0 Å². The van der Waals surface area contributed by atoms with Crippen LogP contribution in [0.4, 0.5) is 0 Å². The summed E-state index contributed by atoms with van der Waals surface area (Å²) in [6, 6.07) is 11.2.